The largest absolute Gasteiger partial charge is 0.315 e. The Labute approximate surface area is 70.6 Å². The Morgan fingerprint density at radius 1 is 1.42 bits per heavy atom. The third-order valence-corrected chi connectivity index (χ3v) is 2.90. The molecule has 6 heteroatoms. The third-order valence-electron chi connectivity index (χ3n) is 1.50. The van der Waals surface area contributed by atoms with Crippen molar-refractivity contribution in [3.05, 3.63) is 0 Å². The summed E-state index contributed by atoms with van der Waals surface area (Å²) < 4.78 is 16.6. The van der Waals surface area contributed by atoms with E-state index in [1.54, 1.807) is 6.92 Å². The predicted molar refractivity (Wildman–Crippen MR) is 41.7 cm³/mol. The van der Waals surface area contributed by atoms with Crippen molar-refractivity contribution in [2.24, 2.45) is 0 Å². The Morgan fingerprint density at radius 3 is 2.33 bits per heavy atom. The molecule has 0 aromatic carbocycles. The molecule has 2 amide bonds. The second kappa shape index (κ2) is 3.83. The Balaban J connectivity index is 2.66. The highest BCUT2D eigenvalue weighted by Gasteiger charge is 2.33. The van der Waals surface area contributed by atoms with Gasteiger partial charge in [-0.3, -0.25) is 14.2 Å². The zero-order valence-electron chi connectivity index (χ0n) is 6.70. The molecular formula is C6H10NO4P. The Morgan fingerprint density at radius 2 is 1.92 bits per heavy atom. The topological polar surface area (TPSA) is 63.7 Å². The molecule has 0 bridgehead atoms. The van der Waals surface area contributed by atoms with Crippen LogP contribution in [0.2, 0.25) is 0 Å². The highest BCUT2D eigenvalue weighted by Crippen LogP contribution is 2.33. The number of carbonyl (C=O) groups is 2. The van der Waals surface area contributed by atoms with Crippen LogP contribution in [-0.4, -0.2) is 23.1 Å². The van der Waals surface area contributed by atoms with Gasteiger partial charge in [-0.1, -0.05) is 0 Å². The molecule has 1 heterocycles. The molecule has 68 valence electrons. The van der Waals surface area contributed by atoms with Gasteiger partial charge in [0.2, 0.25) is 11.8 Å². The lowest BCUT2D eigenvalue weighted by Gasteiger charge is -2.11. The minimum absolute atomic E-state index is 0.155. The standard InChI is InChI=1S/C6H10NO4P/c1-2-11-12(10)7-5(8)3-4-6(7)9/h12H,2-4H2,1H3. The summed E-state index contributed by atoms with van der Waals surface area (Å²) in [4.78, 5) is 21.9. The van der Waals surface area contributed by atoms with Gasteiger partial charge in [-0.2, -0.15) is 0 Å². The molecule has 12 heavy (non-hydrogen) atoms. The molecule has 1 rings (SSSR count). The quantitative estimate of drug-likeness (QED) is 0.483. The summed E-state index contributed by atoms with van der Waals surface area (Å²) in [6, 6.07) is 0. The molecular weight excluding hydrogens is 181 g/mol. The van der Waals surface area contributed by atoms with Gasteiger partial charge < -0.3 is 4.52 Å². The Kier molecular flexibility index (Phi) is 3.00. The number of nitrogens with zero attached hydrogens (tertiary/aromatic N) is 1. The summed E-state index contributed by atoms with van der Waals surface area (Å²) in [7, 11) is -2.63. The van der Waals surface area contributed by atoms with Gasteiger partial charge in [0.25, 0.3) is 8.18 Å². The van der Waals surface area contributed by atoms with Gasteiger partial charge in [0.15, 0.2) is 0 Å². The van der Waals surface area contributed by atoms with Crippen LogP contribution in [0.25, 0.3) is 0 Å². The SMILES string of the molecule is CCO[PH](=O)N1C(=O)CCC1=O. The molecule has 0 radical (unpaired) electrons. The number of hydrogen-bond donors (Lipinski definition) is 0. The van der Waals surface area contributed by atoms with Crippen molar-refractivity contribution in [2.45, 2.75) is 19.8 Å². The minimum Gasteiger partial charge on any atom is -0.315 e. The fraction of sp³-hybridized carbons (Fsp3) is 0.667. The smallest absolute Gasteiger partial charge is 0.293 e. The maximum absolute atomic E-state index is 11.1. The Hall–Kier alpha value is -0.670. The molecule has 5 nitrogen and oxygen atoms in total. The van der Waals surface area contributed by atoms with Crippen LogP contribution >= 0.6 is 8.18 Å². The molecule has 0 saturated carbocycles. The van der Waals surface area contributed by atoms with Crippen molar-refractivity contribution < 1.29 is 18.7 Å². The summed E-state index contributed by atoms with van der Waals surface area (Å²) >= 11 is 0. The van der Waals surface area contributed by atoms with Gasteiger partial charge in [0.1, 0.15) is 0 Å². The lowest BCUT2D eigenvalue weighted by molar-refractivity contribution is -0.132. The van der Waals surface area contributed by atoms with Gasteiger partial charge in [0.05, 0.1) is 6.61 Å². The zero-order valence-corrected chi connectivity index (χ0v) is 7.70. The van der Waals surface area contributed by atoms with Crippen molar-refractivity contribution in [1.29, 1.82) is 0 Å². The minimum atomic E-state index is -2.63. The number of hydrogen-bond acceptors (Lipinski definition) is 4. The second-order valence-corrected chi connectivity index (χ2v) is 3.59. The fourth-order valence-corrected chi connectivity index (χ4v) is 1.98. The summed E-state index contributed by atoms with van der Waals surface area (Å²) in [6.07, 6.45) is 0.310. The number of rotatable bonds is 3. The van der Waals surface area contributed by atoms with Crippen LogP contribution in [0.4, 0.5) is 0 Å². The van der Waals surface area contributed by atoms with E-state index in [-0.39, 0.29) is 19.4 Å². The molecule has 1 unspecified atom stereocenters. The average Bonchev–Trinajstić information content (AvgIpc) is 2.32. The van der Waals surface area contributed by atoms with Crippen molar-refractivity contribution >= 4 is 20.0 Å². The molecule has 1 aliphatic heterocycles. The van der Waals surface area contributed by atoms with E-state index in [1.165, 1.54) is 0 Å². The molecule has 0 aliphatic carbocycles. The molecule has 0 spiro atoms. The van der Waals surface area contributed by atoms with Gasteiger partial charge in [-0.25, -0.2) is 4.67 Å². The van der Waals surface area contributed by atoms with Gasteiger partial charge in [0, 0.05) is 12.8 Å². The lowest BCUT2D eigenvalue weighted by Crippen LogP contribution is -2.21. The van der Waals surface area contributed by atoms with E-state index in [0.717, 1.165) is 4.67 Å². The van der Waals surface area contributed by atoms with E-state index in [4.69, 9.17) is 4.52 Å². The number of imide groups is 1. The molecule has 0 N–H and O–H groups in total. The van der Waals surface area contributed by atoms with Crippen molar-refractivity contribution in [3.63, 3.8) is 0 Å². The molecule has 1 atom stereocenters. The van der Waals surface area contributed by atoms with E-state index in [2.05, 4.69) is 0 Å². The molecule has 0 aromatic heterocycles. The van der Waals surface area contributed by atoms with E-state index in [0.29, 0.717) is 0 Å². The summed E-state index contributed by atoms with van der Waals surface area (Å²) in [5, 5.41) is 0. The van der Waals surface area contributed by atoms with Crippen LogP contribution in [0.5, 0.6) is 0 Å². The zero-order chi connectivity index (χ0) is 9.14. The maximum Gasteiger partial charge on any atom is 0.293 e. The number of amides is 2. The van der Waals surface area contributed by atoms with E-state index >= 15 is 0 Å². The van der Waals surface area contributed by atoms with Gasteiger partial charge in [-0.15, -0.1) is 0 Å². The lowest BCUT2D eigenvalue weighted by atomic mass is 10.4. The van der Waals surface area contributed by atoms with Crippen molar-refractivity contribution in [3.8, 4) is 0 Å². The van der Waals surface area contributed by atoms with Crippen LogP contribution in [-0.2, 0) is 18.7 Å². The van der Waals surface area contributed by atoms with Crippen LogP contribution < -0.4 is 0 Å². The molecule has 1 saturated heterocycles. The van der Waals surface area contributed by atoms with E-state index < -0.39 is 20.0 Å². The summed E-state index contributed by atoms with van der Waals surface area (Å²) in [5.74, 6) is -0.783. The maximum atomic E-state index is 11.1. The second-order valence-electron chi connectivity index (χ2n) is 2.32. The van der Waals surface area contributed by atoms with Crippen LogP contribution in [0.15, 0.2) is 0 Å². The van der Waals surface area contributed by atoms with E-state index in [1.807, 2.05) is 0 Å². The molecule has 1 fully saturated rings. The monoisotopic (exact) mass is 191 g/mol. The highest BCUT2D eigenvalue weighted by atomic mass is 31.1. The van der Waals surface area contributed by atoms with E-state index in [9.17, 15) is 14.2 Å². The van der Waals surface area contributed by atoms with Crippen LogP contribution in [0.3, 0.4) is 0 Å². The van der Waals surface area contributed by atoms with Crippen LogP contribution in [0, 0.1) is 0 Å². The first-order valence-corrected chi connectivity index (χ1v) is 4.95. The average molecular weight is 191 g/mol. The predicted octanol–water partition coefficient (Wildman–Crippen LogP) is 0.562. The first-order chi connectivity index (χ1) is 5.66. The van der Waals surface area contributed by atoms with Crippen LogP contribution in [0.1, 0.15) is 19.8 Å². The third kappa shape index (κ3) is 1.73. The Bertz CT molecular complexity index is 224. The van der Waals surface area contributed by atoms with Gasteiger partial charge >= 0.3 is 0 Å². The number of carbonyl (C=O) groups excluding carboxylic acids is 2. The fourth-order valence-electron chi connectivity index (χ4n) is 0.968. The normalized spacial score (nSPS) is 20.2. The molecule has 1 aliphatic rings. The summed E-state index contributed by atoms with van der Waals surface area (Å²) in [6.45, 7) is 1.91. The first-order valence-electron chi connectivity index (χ1n) is 3.69. The van der Waals surface area contributed by atoms with Gasteiger partial charge in [-0.05, 0) is 6.92 Å². The molecule has 0 aromatic rings. The van der Waals surface area contributed by atoms with Crippen molar-refractivity contribution in [1.82, 2.24) is 4.67 Å². The highest BCUT2D eigenvalue weighted by molar-refractivity contribution is 7.38. The van der Waals surface area contributed by atoms with Crippen molar-refractivity contribution in [2.75, 3.05) is 6.61 Å². The summed E-state index contributed by atoms with van der Waals surface area (Å²) in [5.41, 5.74) is 0. The first kappa shape index (κ1) is 9.42.